The lowest BCUT2D eigenvalue weighted by Crippen LogP contribution is -2.12. The van der Waals surface area contributed by atoms with Crippen molar-refractivity contribution < 1.29 is 14.3 Å². The van der Waals surface area contributed by atoms with E-state index in [1.54, 1.807) is 55.1 Å². The van der Waals surface area contributed by atoms with Crippen LogP contribution < -0.4 is 4.74 Å². The van der Waals surface area contributed by atoms with Crippen LogP contribution in [0.25, 0.3) is 0 Å². The Morgan fingerprint density at radius 1 is 1.38 bits per heavy atom. The van der Waals surface area contributed by atoms with Crippen molar-refractivity contribution in [2.45, 2.75) is 13.5 Å². The van der Waals surface area contributed by atoms with Crippen LogP contribution >= 0.6 is 0 Å². The molecule has 2 aromatic rings. The van der Waals surface area contributed by atoms with E-state index in [0.29, 0.717) is 30.2 Å². The van der Waals surface area contributed by atoms with Gasteiger partial charge in [-0.05, 0) is 37.3 Å². The molecule has 1 aromatic carbocycles. The average molecular weight is 284 g/mol. The molecule has 5 heteroatoms. The van der Waals surface area contributed by atoms with Crippen LogP contribution in [0.4, 0.5) is 0 Å². The highest BCUT2D eigenvalue weighted by Crippen LogP contribution is 2.21. The first-order valence-electron chi connectivity index (χ1n) is 6.58. The van der Waals surface area contributed by atoms with Crippen molar-refractivity contribution in [3.05, 3.63) is 53.3 Å². The summed E-state index contributed by atoms with van der Waals surface area (Å²) in [6.45, 7) is 2.53. The van der Waals surface area contributed by atoms with Gasteiger partial charge in [-0.1, -0.05) is 0 Å². The van der Waals surface area contributed by atoms with Crippen molar-refractivity contribution in [1.29, 1.82) is 5.26 Å². The van der Waals surface area contributed by atoms with Crippen LogP contribution in [0.5, 0.6) is 5.75 Å². The van der Waals surface area contributed by atoms with Gasteiger partial charge in [0.1, 0.15) is 11.4 Å². The number of ether oxygens (including phenoxy) is 2. The average Bonchev–Trinajstić information content (AvgIpc) is 2.95. The minimum absolute atomic E-state index is 0.331. The molecule has 0 aliphatic rings. The van der Waals surface area contributed by atoms with Gasteiger partial charge in [-0.2, -0.15) is 5.26 Å². The first-order chi connectivity index (χ1) is 10.2. The van der Waals surface area contributed by atoms with E-state index < -0.39 is 0 Å². The molecule has 0 aliphatic carbocycles. The molecule has 0 spiro atoms. The molecule has 0 aliphatic heterocycles. The Morgan fingerprint density at radius 2 is 2.19 bits per heavy atom. The molecular formula is C16H16N2O3. The SMILES string of the molecule is CCOC(=O)c1cccn1Cc1cc(C#N)ccc1OC. The molecular weight excluding hydrogens is 268 g/mol. The topological polar surface area (TPSA) is 64.2 Å². The van der Waals surface area contributed by atoms with E-state index in [-0.39, 0.29) is 5.97 Å². The third-order valence-corrected chi connectivity index (χ3v) is 3.06. The van der Waals surface area contributed by atoms with Gasteiger partial charge in [0.15, 0.2) is 0 Å². The Bertz CT molecular complexity index is 683. The number of hydrogen-bond donors (Lipinski definition) is 0. The van der Waals surface area contributed by atoms with Gasteiger partial charge in [-0.25, -0.2) is 4.79 Å². The third-order valence-electron chi connectivity index (χ3n) is 3.06. The van der Waals surface area contributed by atoms with Crippen LogP contribution in [0.1, 0.15) is 28.5 Å². The van der Waals surface area contributed by atoms with Crippen LogP contribution in [0, 0.1) is 11.3 Å². The van der Waals surface area contributed by atoms with Gasteiger partial charge in [0.25, 0.3) is 0 Å². The van der Waals surface area contributed by atoms with Crippen LogP contribution in [-0.4, -0.2) is 24.3 Å². The lowest BCUT2D eigenvalue weighted by molar-refractivity contribution is 0.0514. The summed E-state index contributed by atoms with van der Waals surface area (Å²) in [4.78, 5) is 11.9. The van der Waals surface area contributed by atoms with E-state index in [4.69, 9.17) is 14.7 Å². The fourth-order valence-corrected chi connectivity index (χ4v) is 2.10. The summed E-state index contributed by atoms with van der Waals surface area (Å²) < 4.78 is 12.1. The first-order valence-corrected chi connectivity index (χ1v) is 6.58. The minimum atomic E-state index is -0.363. The summed E-state index contributed by atoms with van der Waals surface area (Å²) in [7, 11) is 1.58. The summed E-state index contributed by atoms with van der Waals surface area (Å²) in [5.41, 5.74) is 1.86. The molecule has 0 N–H and O–H groups in total. The molecule has 0 saturated carbocycles. The first kappa shape index (κ1) is 14.7. The van der Waals surface area contributed by atoms with Gasteiger partial charge in [0.2, 0.25) is 0 Å². The second-order valence-corrected chi connectivity index (χ2v) is 4.38. The number of nitriles is 1. The quantitative estimate of drug-likeness (QED) is 0.792. The fraction of sp³-hybridized carbons (Fsp3) is 0.250. The molecule has 0 fully saturated rings. The Kier molecular flexibility index (Phi) is 4.62. The largest absolute Gasteiger partial charge is 0.496 e. The Hall–Kier alpha value is -2.74. The van der Waals surface area contributed by atoms with Crippen molar-refractivity contribution in [3.8, 4) is 11.8 Å². The number of esters is 1. The number of aromatic nitrogens is 1. The predicted octanol–water partition coefficient (Wildman–Crippen LogP) is 2.59. The molecule has 1 aromatic heterocycles. The molecule has 2 rings (SSSR count). The number of hydrogen-bond acceptors (Lipinski definition) is 4. The van der Waals surface area contributed by atoms with Crippen molar-refractivity contribution in [3.63, 3.8) is 0 Å². The molecule has 0 unspecified atom stereocenters. The van der Waals surface area contributed by atoms with E-state index in [1.807, 2.05) is 0 Å². The van der Waals surface area contributed by atoms with Gasteiger partial charge in [-0.3, -0.25) is 0 Å². The predicted molar refractivity (Wildman–Crippen MR) is 77.2 cm³/mol. The van der Waals surface area contributed by atoms with E-state index in [0.717, 1.165) is 5.56 Å². The number of nitrogens with zero attached hydrogens (tertiary/aromatic N) is 2. The highest BCUT2D eigenvalue weighted by atomic mass is 16.5. The van der Waals surface area contributed by atoms with Gasteiger partial charge in [0.05, 0.1) is 31.9 Å². The summed E-state index contributed by atoms with van der Waals surface area (Å²) in [6, 6.07) is 10.8. The molecule has 0 amide bonds. The van der Waals surface area contributed by atoms with Gasteiger partial charge in [-0.15, -0.1) is 0 Å². The molecule has 21 heavy (non-hydrogen) atoms. The summed E-state index contributed by atoms with van der Waals surface area (Å²) in [5.74, 6) is 0.315. The number of benzene rings is 1. The Labute approximate surface area is 123 Å². The second-order valence-electron chi connectivity index (χ2n) is 4.38. The maximum atomic E-state index is 11.9. The summed E-state index contributed by atoms with van der Waals surface area (Å²) >= 11 is 0. The molecule has 0 radical (unpaired) electrons. The normalized spacial score (nSPS) is 9.95. The van der Waals surface area contributed by atoms with E-state index in [9.17, 15) is 4.79 Å². The number of methoxy groups -OCH3 is 1. The van der Waals surface area contributed by atoms with Crippen molar-refractivity contribution in [2.24, 2.45) is 0 Å². The molecule has 0 saturated heterocycles. The van der Waals surface area contributed by atoms with Crippen LogP contribution in [0.15, 0.2) is 36.5 Å². The van der Waals surface area contributed by atoms with Crippen molar-refractivity contribution in [1.82, 2.24) is 4.57 Å². The summed E-state index contributed by atoms with van der Waals surface area (Å²) in [6.07, 6.45) is 1.80. The second kappa shape index (κ2) is 6.62. The zero-order valence-corrected chi connectivity index (χ0v) is 12.0. The van der Waals surface area contributed by atoms with Crippen LogP contribution in [0.2, 0.25) is 0 Å². The van der Waals surface area contributed by atoms with Gasteiger partial charge < -0.3 is 14.0 Å². The zero-order chi connectivity index (χ0) is 15.2. The van der Waals surface area contributed by atoms with E-state index >= 15 is 0 Å². The Balaban J connectivity index is 2.33. The maximum Gasteiger partial charge on any atom is 0.354 e. The zero-order valence-electron chi connectivity index (χ0n) is 12.0. The molecule has 0 atom stereocenters. The number of carbonyl (C=O) groups excluding carboxylic acids is 1. The highest BCUT2D eigenvalue weighted by Gasteiger charge is 2.13. The lowest BCUT2D eigenvalue weighted by atomic mass is 10.1. The van der Waals surface area contributed by atoms with Crippen LogP contribution in [0.3, 0.4) is 0 Å². The van der Waals surface area contributed by atoms with Gasteiger partial charge >= 0.3 is 5.97 Å². The maximum absolute atomic E-state index is 11.9. The monoisotopic (exact) mass is 284 g/mol. The summed E-state index contributed by atoms with van der Waals surface area (Å²) in [5, 5.41) is 8.99. The van der Waals surface area contributed by atoms with E-state index in [2.05, 4.69) is 6.07 Å². The Morgan fingerprint density at radius 3 is 2.86 bits per heavy atom. The lowest BCUT2D eigenvalue weighted by Gasteiger charge is -2.12. The highest BCUT2D eigenvalue weighted by molar-refractivity contribution is 5.87. The smallest absolute Gasteiger partial charge is 0.354 e. The molecule has 108 valence electrons. The minimum Gasteiger partial charge on any atom is -0.496 e. The standard InChI is InChI=1S/C16H16N2O3/c1-3-21-16(19)14-5-4-8-18(14)11-13-9-12(10-17)6-7-15(13)20-2/h4-9H,3,11H2,1-2H3. The molecule has 5 nitrogen and oxygen atoms in total. The molecule has 1 heterocycles. The van der Waals surface area contributed by atoms with Crippen molar-refractivity contribution in [2.75, 3.05) is 13.7 Å². The third kappa shape index (κ3) is 3.23. The number of rotatable bonds is 5. The van der Waals surface area contributed by atoms with Crippen LogP contribution in [-0.2, 0) is 11.3 Å². The van der Waals surface area contributed by atoms with E-state index in [1.165, 1.54) is 0 Å². The molecule has 0 bridgehead atoms. The fourth-order valence-electron chi connectivity index (χ4n) is 2.10. The van der Waals surface area contributed by atoms with Crippen molar-refractivity contribution >= 4 is 5.97 Å². The number of carbonyl (C=O) groups is 1. The van der Waals surface area contributed by atoms with Gasteiger partial charge in [0, 0.05) is 11.8 Å².